The number of benzene rings is 1. The number of thioether (sulfide) groups is 1. The Morgan fingerprint density at radius 1 is 1.26 bits per heavy atom. The number of rotatable bonds is 8. The quantitative estimate of drug-likeness (QED) is 0.614. The highest BCUT2D eigenvalue weighted by atomic mass is 32.2. The van der Waals surface area contributed by atoms with E-state index >= 15 is 0 Å². The van der Waals surface area contributed by atoms with Gasteiger partial charge in [0, 0.05) is 0 Å². The zero-order chi connectivity index (χ0) is 22.6. The highest BCUT2D eigenvalue weighted by Crippen LogP contribution is 2.34. The molecule has 11 heteroatoms. The van der Waals surface area contributed by atoms with Gasteiger partial charge in [-0.25, -0.2) is 9.97 Å². The molecule has 1 fully saturated rings. The molecular formula is C20H19B2F3N4OS. The summed E-state index contributed by atoms with van der Waals surface area (Å²) in [5.74, 6) is -0.849. The first-order chi connectivity index (χ1) is 14.6. The van der Waals surface area contributed by atoms with Gasteiger partial charge in [0.1, 0.15) is 0 Å². The molecule has 1 aromatic carbocycles. The summed E-state index contributed by atoms with van der Waals surface area (Å²) in [4.78, 5) is 20.2. The Bertz CT molecular complexity index is 953. The second-order valence-corrected chi connectivity index (χ2v) is 7.95. The Morgan fingerprint density at radius 3 is 2.52 bits per heavy atom. The standard InChI is InChI=1S/C20H19B2F3N4OS/c1-31-10-9-14(12-7-8-12)27-18(30)16-17(28-15(11-26-16)20(23,24)25)29-19(21,22)13-5-3-2-4-6-13/h2-6,9-12,14H,7-8H2,1H3,(H,27,30)(H,28,29)/b10-9+. The normalized spacial score (nSPS) is 15.6. The van der Waals surface area contributed by atoms with Gasteiger partial charge >= 0.3 is 6.18 Å². The van der Waals surface area contributed by atoms with Crippen molar-refractivity contribution in [1.82, 2.24) is 15.3 Å². The van der Waals surface area contributed by atoms with Crippen molar-refractivity contribution in [2.45, 2.75) is 30.4 Å². The van der Waals surface area contributed by atoms with Gasteiger partial charge in [-0.05, 0) is 41.3 Å². The molecule has 3 rings (SSSR count). The topological polar surface area (TPSA) is 66.9 Å². The number of halogens is 3. The van der Waals surface area contributed by atoms with E-state index in [4.69, 9.17) is 15.7 Å². The summed E-state index contributed by atoms with van der Waals surface area (Å²) in [6.45, 7) is 0. The maximum Gasteiger partial charge on any atom is 0.434 e. The second kappa shape index (κ2) is 9.38. The van der Waals surface area contributed by atoms with Gasteiger partial charge < -0.3 is 10.6 Å². The van der Waals surface area contributed by atoms with E-state index in [2.05, 4.69) is 20.6 Å². The Morgan fingerprint density at radius 2 is 1.94 bits per heavy atom. The molecule has 1 aliphatic rings. The monoisotopic (exact) mass is 442 g/mol. The summed E-state index contributed by atoms with van der Waals surface area (Å²) < 4.78 is 39.6. The predicted octanol–water partition coefficient (Wildman–Crippen LogP) is 3.44. The van der Waals surface area contributed by atoms with Crippen molar-refractivity contribution in [1.29, 1.82) is 0 Å². The highest BCUT2D eigenvalue weighted by Gasteiger charge is 2.36. The Balaban J connectivity index is 1.94. The fourth-order valence-corrected chi connectivity index (χ4v) is 3.25. The first-order valence-electron chi connectivity index (χ1n) is 9.48. The lowest BCUT2D eigenvalue weighted by atomic mass is 9.58. The Kier molecular flexibility index (Phi) is 7.03. The van der Waals surface area contributed by atoms with Gasteiger partial charge in [-0.15, -0.1) is 11.8 Å². The molecule has 158 valence electrons. The SMILES string of the molecule is [B]C([B])(Nc1nc(C(F)(F)F)cnc1C(=O)NC(/C=C/SC)C1CC1)c1ccccc1. The largest absolute Gasteiger partial charge is 0.434 e. The molecular weight excluding hydrogens is 423 g/mol. The average molecular weight is 442 g/mol. The van der Waals surface area contributed by atoms with Crippen molar-refractivity contribution < 1.29 is 18.0 Å². The van der Waals surface area contributed by atoms with Crippen LogP contribution in [0.4, 0.5) is 19.0 Å². The predicted molar refractivity (Wildman–Crippen MR) is 117 cm³/mol. The number of nitrogens with one attached hydrogen (secondary N) is 2. The lowest BCUT2D eigenvalue weighted by Crippen LogP contribution is -2.40. The van der Waals surface area contributed by atoms with Crippen molar-refractivity contribution in [3.8, 4) is 0 Å². The zero-order valence-corrected chi connectivity index (χ0v) is 17.5. The van der Waals surface area contributed by atoms with Crippen molar-refractivity contribution in [3.05, 3.63) is 65.0 Å². The minimum Gasteiger partial charge on any atom is -0.376 e. The van der Waals surface area contributed by atoms with Crippen molar-refractivity contribution in [2.75, 3.05) is 11.6 Å². The van der Waals surface area contributed by atoms with Crippen molar-refractivity contribution in [2.24, 2.45) is 5.92 Å². The number of amides is 1. The second-order valence-electron chi connectivity index (χ2n) is 7.21. The van der Waals surface area contributed by atoms with Crippen LogP contribution in [0, 0.1) is 5.92 Å². The van der Waals surface area contributed by atoms with Crippen molar-refractivity contribution >= 4 is 39.2 Å². The van der Waals surface area contributed by atoms with Gasteiger partial charge in [-0.2, -0.15) is 13.2 Å². The van der Waals surface area contributed by atoms with E-state index < -0.39 is 28.9 Å². The zero-order valence-electron chi connectivity index (χ0n) is 16.7. The van der Waals surface area contributed by atoms with E-state index in [0.29, 0.717) is 11.8 Å². The molecule has 0 spiro atoms. The van der Waals surface area contributed by atoms with Gasteiger partial charge in [0.05, 0.1) is 27.9 Å². The molecule has 2 aromatic rings. The maximum atomic E-state index is 13.2. The smallest absolute Gasteiger partial charge is 0.376 e. The van der Waals surface area contributed by atoms with Gasteiger partial charge in [0.15, 0.2) is 17.2 Å². The van der Waals surface area contributed by atoms with Crippen LogP contribution in [-0.2, 0) is 11.5 Å². The maximum absolute atomic E-state index is 13.2. The third kappa shape index (κ3) is 6.06. The molecule has 0 aliphatic heterocycles. The summed E-state index contributed by atoms with van der Waals surface area (Å²) >= 11 is 1.48. The fourth-order valence-electron chi connectivity index (χ4n) is 2.92. The number of nitrogens with zero attached hydrogens (tertiary/aromatic N) is 2. The van der Waals surface area contributed by atoms with E-state index in [0.717, 1.165) is 12.8 Å². The molecule has 5 nitrogen and oxygen atoms in total. The van der Waals surface area contributed by atoms with Gasteiger partial charge in [-0.3, -0.25) is 4.79 Å². The Hall–Kier alpha value is -2.42. The summed E-state index contributed by atoms with van der Waals surface area (Å²) in [7, 11) is 12.2. The van der Waals surface area contributed by atoms with Crippen LogP contribution in [0.15, 0.2) is 48.0 Å². The van der Waals surface area contributed by atoms with Crippen LogP contribution in [0.5, 0.6) is 0 Å². The van der Waals surface area contributed by atoms with Crippen LogP contribution in [0.3, 0.4) is 0 Å². The molecule has 1 amide bonds. The van der Waals surface area contributed by atoms with E-state index in [1.165, 1.54) is 11.8 Å². The summed E-state index contributed by atoms with van der Waals surface area (Å²) in [5, 5.41) is 5.43. The first-order valence-corrected chi connectivity index (χ1v) is 10.8. The van der Waals surface area contributed by atoms with Crippen LogP contribution < -0.4 is 10.6 Å². The molecule has 2 N–H and O–H groups in total. The lowest BCUT2D eigenvalue weighted by molar-refractivity contribution is -0.141. The molecule has 1 aromatic heterocycles. The van der Waals surface area contributed by atoms with Gasteiger partial charge in [0.2, 0.25) is 0 Å². The van der Waals surface area contributed by atoms with E-state index in [1.807, 2.05) is 17.7 Å². The average Bonchev–Trinajstić information content (AvgIpc) is 3.56. The number of anilines is 1. The van der Waals surface area contributed by atoms with Crippen LogP contribution in [0.25, 0.3) is 0 Å². The molecule has 4 radical (unpaired) electrons. The summed E-state index contributed by atoms with van der Waals surface area (Å²) in [6, 6.07) is 8.04. The van der Waals surface area contributed by atoms with Gasteiger partial charge in [0.25, 0.3) is 5.91 Å². The van der Waals surface area contributed by atoms with E-state index in [-0.39, 0.29) is 17.7 Å². The number of hydrogen-bond donors (Lipinski definition) is 2. The minimum atomic E-state index is -4.76. The number of carbonyl (C=O) groups is 1. The Labute approximate surface area is 185 Å². The number of hydrogen-bond acceptors (Lipinski definition) is 5. The lowest BCUT2D eigenvalue weighted by Gasteiger charge is -2.30. The molecule has 0 saturated heterocycles. The molecule has 0 bridgehead atoms. The summed E-state index contributed by atoms with van der Waals surface area (Å²) in [6.07, 6.45) is 1.41. The molecule has 1 aliphatic carbocycles. The molecule has 1 saturated carbocycles. The third-order valence-electron chi connectivity index (χ3n) is 4.70. The van der Waals surface area contributed by atoms with Crippen LogP contribution in [0.2, 0.25) is 0 Å². The molecule has 1 atom stereocenters. The van der Waals surface area contributed by atoms with Crippen molar-refractivity contribution in [3.63, 3.8) is 0 Å². The van der Waals surface area contributed by atoms with E-state index in [9.17, 15) is 18.0 Å². The molecule has 31 heavy (non-hydrogen) atoms. The fraction of sp³-hybridized carbons (Fsp3) is 0.350. The third-order valence-corrected chi connectivity index (χ3v) is 5.13. The first kappa shape index (κ1) is 23.2. The molecule has 1 heterocycles. The van der Waals surface area contributed by atoms with Crippen LogP contribution in [-0.4, -0.2) is 43.9 Å². The highest BCUT2D eigenvalue weighted by molar-refractivity contribution is 8.01. The number of carbonyl (C=O) groups excluding carboxylic acids is 1. The summed E-state index contributed by atoms with van der Waals surface area (Å²) in [5.41, 5.74) is -1.21. The molecule has 1 unspecified atom stereocenters. The number of alkyl halides is 3. The van der Waals surface area contributed by atoms with Gasteiger partial charge in [-0.1, -0.05) is 36.4 Å². The van der Waals surface area contributed by atoms with Crippen LogP contribution in [0.1, 0.15) is 34.6 Å². The van der Waals surface area contributed by atoms with Crippen LogP contribution >= 0.6 is 11.8 Å². The number of aromatic nitrogens is 2. The minimum absolute atomic E-state index is 0.258. The van der Waals surface area contributed by atoms with E-state index in [1.54, 1.807) is 30.3 Å².